The first-order valence-electron chi connectivity index (χ1n) is 6.34. The lowest BCUT2D eigenvalue weighted by atomic mass is 10.2. The van der Waals surface area contributed by atoms with Crippen LogP contribution in [0.4, 0.5) is 0 Å². The summed E-state index contributed by atoms with van der Waals surface area (Å²) in [4.78, 5) is 23.7. The van der Waals surface area contributed by atoms with Gasteiger partial charge in [-0.25, -0.2) is 9.59 Å². The molecule has 5 heteroatoms. The van der Waals surface area contributed by atoms with Gasteiger partial charge in [-0.15, -0.1) is 0 Å². The lowest BCUT2D eigenvalue weighted by Gasteiger charge is -2.00. The summed E-state index contributed by atoms with van der Waals surface area (Å²) >= 11 is 0. The van der Waals surface area contributed by atoms with Gasteiger partial charge in [0.1, 0.15) is 5.56 Å². The zero-order valence-electron chi connectivity index (χ0n) is 11.2. The van der Waals surface area contributed by atoms with E-state index in [0.29, 0.717) is 5.58 Å². The summed E-state index contributed by atoms with van der Waals surface area (Å²) in [6.07, 6.45) is 1.88. The second kappa shape index (κ2) is 4.52. The van der Waals surface area contributed by atoms with E-state index in [1.165, 1.54) is 0 Å². The highest BCUT2D eigenvalue weighted by Gasteiger charge is 2.18. The molecule has 0 saturated heterocycles. The number of hydrogen-bond donors (Lipinski definition) is 0. The Kier molecular flexibility index (Phi) is 2.82. The number of rotatable bonds is 2. The number of ether oxygens (including phenoxy) is 1. The molecule has 3 aromatic heterocycles. The van der Waals surface area contributed by atoms with Gasteiger partial charge in [-0.05, 0) is 32.0 Å². The van der Waals surface area contributed by atoms with Gasteiger partial charge in [0.25, 0.3) is 0 Å². The smallest absolute Gasteiger partial charge is 0.351 e. The number of fused-ring (bicyclic) bond motifs is 3. The fourth-order valence-electron chi connectivity index (χ4n) is 2.35. The molecule has 5 nitrogen and oxygen atoms in total. The molecule has 0 amide bonds. The van der Waals surface area contributed by atoms with Crippen LogP contribution >= 0.6 is 0 Å². The van der Waals surface area contributed by atoms with Crippen LogP contribution in [0.15, 0.2) is 39.7 Å². The molecule has 0 radical (unpaired) electrons. The van der Waals surface area contributed by atoms with Crippen molar-refractivity contribution in [3.05, 3.63) is 52.1 Å². The zero-order chi connectivity index (χ0) is 14.3. The minimum Gasteiger partial charge on any atom is -0.462 e. The number of esters is 1. The Balaban J connectivity index is 2.37. The number of carbonyl (C=O) groups is 1. The van der Waals surface area contributed by atoms with Gasteiger partial charge in [-0.1, -0.05) is 6.07 Å². The fourth-order valence-corrected chi connectivity index (χ4v) is 2.35. The number of hydrogen-bond acceptors (Lipinski definition) is 4. The third kappa shape index (κ3) is 1.71. The molecule has 0 aliphatic rings. The van der Waals surface area contributed by atoms with Crippen LogP contribution in [0.2, 0.25) is 0 Å². The molecular weight excluding hydrogens is 258 g/mol. The van der Waals surface area contributed by atoms with Gasteiger partial charge in [0.05, 0.1) is 17.8 Å². The molecule has 0 unspecified atom stereocenters. The van der Waals surface area contributed by atoms with Crippen LogP contribution in [0, 0.1) is 6.92 Å². The molecule has 3 rings (SSSR count). The number of aryl methyl sites for hydroxylation is 1. The van der Waals surface area contributed by atoms with Crippen LogP contribution in [0.25, 0.3) is 16.5 Å². The Hall–Kier alpha value is -2.56. The van der Waals surface area contributed by atoms with Crippen molar-refractivity contribution in [1.29, 1.82) is 0 Å². The summed E-state index contributed by atoms with van der Waals surface area (Å²) in [5.74, 6) is -0.656. The van der Waals surface area contributed by atoms with Crippen molar-refractivity contribution in [3.63, 3.8) is 0 Å². The van der Waals surface area contributed by atoms with E-state index >= 15 is 0 Å². The molecule has 0 atom stereocenters. The lowest BCUT2D eigenvalue weighted by molar-refractivity contribution is 0.0522. The number of nitrogens with zero attached hydrogens (tertiary/aromatic N) is 1. The van der Waals surface area contributed by atoms with Crippen molar-refractivity contribution in [2.24, 2.45) is 0 Å². The Morgan fingerprint density at radius 2 is 2.20 bits per heavy atom. The Bertz CT molecular complexity index is 873. The maximum Gasteiger partial charge on any atom is 0.351 e. The van der Waals surface area contributed by atoms with E-state index in [1.54, 1.807) is 13.0 Å². The number of pyridine rings is 1. The summed E-state index contributed by atoms with van der Waals surface area (Å²) in [7, 11) is 0. The first-order valence-corrected chi connectivity index (χ1v) is 6.34. The van der Waals surface area contributed by atoms with E-state index in [9.17, 15) is 9.59 Å². The van der Waals surface area contributed by atoms with Gasteiger partial charge in [-0.2, -0.15) is 0 Å². The van der Waals surface area contributed by atoms with E-state index in [4.69, 9.17) is 9.15 Å². The predicted molar refractivity (Wildman–Crippen MR) is 74.1 cm³/mol. The monoisotopic (exact) mass is 271 g/mol. The first-order chi connectivity index (χ1) is 9.63. The summed E-state index contributed by atoms with van der Waals surface area (Å²) < 4.78 is 12.1. The second-order valence-electron chi connectivity index (χ2n) is 4.45. The van der Waals surface area contributed by atoms with Crippen LogP contribution in [0.1, 0.15) is 23.0 Å². The normalized spacial score (nSPS) is 11.1. The quantitative estimate of drug-likeness (QED) is 0.672. The average Bonchev–Trinajstić information content (AvgIpc) is 2.72. The molecular formula is C15H13NO4. The fraction of sp³-hybridized carbons (Fsp3) is 0.200. The molecule has 0 aliphatic heterocycles. The Morgan fingerprint density at radius 3 is 2.95 bits per heavy atom. The van der Waals surface area contributed by atoms with Gasteiger partial charge < -0.3 is 13.6 Å². The molecule has 0 bridgehead atoms. The van der Waals surface area contributed by atoms with Gasteiger partial charge in [0.15, 0.2) is 5.58 Å². The molecule has 0 N–H and O–H groups in total. The summed E-state index contributed by atoms with van der Waals surface area (Å²) in [6, 6.07) is 7.23. The van der Waals surface area contributed by atoms with Gasteiger partial charge >= 0.3 is 11.6 Å². The van der Waals surface area contributed by atoms with E-state index in [-0.39, 0.29) is 12.2 Å². The lowest BCUT2D eigenvalue weighted by Crippen LogP contribution is -2.16. The molecule has 3 aromatic rings. The molecule has 3 heterocycles. The van der Waals surface area contributed by atoms with Gasteiger partial charge in [0.2, 0.25) is 0 Å². The highest BCUT2D eigenvalue weighted by atomic mass is 16.5. The van der Waals surface area contributed by atoms with E-state index in [0.717, 1.165) is 16.6 Å². The van der Waals surface area contributed by atoms with Crippen molar-refractivity contribution in [3.8, 4) is 0 Å². The van der Waals surface area contributed by atoms with Crippen LogP contribution in [-0.2, 0) is 4.74 Å². The Labute approximate surface area is 114 Å². The van der Waals surface area contributed by atoms with Crippen molar-refractivity contribution in [2.45, 2.75) is 13.8 Å². The topological polar surface area (TPSA) is 60.9 Å². The molecule has 0 saturated carbocycles. The molecule has 0 fully saturated rings. The van der Waals surface area contributed by atoms with Crippen LogP contribution in [0.3, 0.4) is 0 Å². The predicted octanol–water partition coefficient (Wildman–Crippen LogP) is 2.53. The largest absolute Gasteiger partial charge is 0.462 e. The summed E-state index contributed by atoms with van der Waals surface area (Å²) in [6.45, 7) is 3.77. The first kappa shape index (κ1) is 12.5. The van der Waals surface area contributed by atoms with Gasteiger partial charge in [0, 0.05) is 11.6 Å². The average molecular weight is 271 g/mol. The summed E-state index contributed by atoms with van der Waals surface area (Å²) in [5.41, 5.74) is 1.46. The second-order valence-corrected chi connectivity index (χ2v) is 4.45. The SMILES string of the molecule is CCOC(=O)c1cc2c(oc1=O)c(C)n1ccccc21. The Morgan fingerprint density at radius 1 is 1.40 bits per heavy atom. The zero-order valence-corrected chi connectivity index (χ0v) is 11.2. The van der Waals surface area contributed by atoms with Crippen LogP contribution < -0.4 is 5.63 Å². The summed E-state index contributed by atoms with van der Waals surface area (Å²) in [5, 5.41) is 0.728. The van der Waals surface area contributed by atoms with Crippen molar-refractivity contribution >= 4 is 22.5 Å². The van der Waals surface area contributed by atoms with Crippen LogP contribution in [0.5, 0.6) is 0 Å². The van der Waals surface area contributed by atoms with Crippen LogP contribution in [-0.4, -0.2) is 17.0 Å². The molecule has 0 spiro atoms. The molecule has 0 aliphatic carbocycles. The van der Waals surface area contributed by atoms with E-state index in [2.05, 4.69) is 0 Å². The molecule has 0 aromatic carbocycles. The number of aromatic nitrogens is 1. The maximum absolute atomic E-state index is 11.9. The van der Waals surface area contributed by atoms with Gasteiger partial charge in [-0.3, -0.25) is 0 Å². The minimum atomic E-state index is -0.671. The third-order valence-electron chi connectivity index (χ3n) is 3.27. The standard InChI is InChI=1S/C15H13NO4/c1-3-19-14(17)11-8-10-12-6-4-5-7-16(12)9(2)13(10)20-15(11)18/h4-8H,3H2,1-2H3. The molecule has 102 valence electrons. The minimum absolute atomic E-state index is 0.0734. The van der Waals surface area contributed by atoms with Crippen molar-refractivity contribution in [1.82, 2.24) is 4.40 Å². The number of carbonyl (C=O) groups excluding carboxylic acids is 1. The maximum atomic E-state index is 11.9. The van der Waals surface area contributed by atoms with Crippen molar-refractivity contribution < 1.29 is 13.9 Å². The molecule has 20 heavy (non-hydrogen) atoms. The highest BCUT2D eigenvalue weighted by molar-refractivity contribution is 6.00. The third-order valence-corrected chi connectivity index (χ3v) is 3.27. The highest BCUT2D eigenvalue weighted by Crippen LogP contribution is 2.25. The van der Waals surface area contributed by atoms with E-state index < -0.39 is 11.6 Å². The van der Waals surface area contributed by atoms with E-state index in [1.807, 2.05) is 35.7 Å². The van der Waals surface area contributed by atoms with Crippen molar-refractivity contribution in [2.75, 3.05) is 6.61 Å².